The van der Waals surface area contributed by atoms with Gasteiger partial charge in [0.15, 0.2) is 0 Å². The van der Waals surface area contributed by atoms with Crippen LogP contribution < -0.4 is 10.3 Å². The highest BCUT2D eigenvalue weighted by Crippen LogP contribution is 2.41. The van der Waals surface area contributed by atoms with E-state index in [1.165, 1.54) is 28.8 Å². The quantitative estimate of drug-likeness (QED) is 0.219. The van der Waals surface area contributed by atoms with Gasteiger partial charge in [-0.3, -0.25) is 4.79 Å². The van der Waals surface area contributed by atoms with Crippen molar-refractivity contribution in [3.8, 4) is 5.75 Å². The molecule has 0 amide bonds. The van der Waals surface area contributed by atoms with E-state index < -0.39 is 27.3 Å². The van der Waals surface area contributed by atoms with Gasteiger partial charge in [0.25, 0.3) is 5.56 Å². The molecular formula is C33H28FN3O4S. The molecule has 6 aromatic rings. The number of aromatic nitrogens is 2. The number of nitrogens with zero attached hydrogens (tertiary/aromatic N) is 1. The summed E-state index contributed by atoms with van der Waals surface area (Å²) in [5.41, 5.74) is 2.80. The normalized spacial score (nSPS) is 12.6. The van der Waals surface area contributed by atoms with Crippen LogP contribution in [0.25, 0.3) is 21.8 Å². The Kier molecular flexibility index (Phi) is 7.14. The lowest BCUT2D eigenvalue weighted by atomic mass is 9.85. The number of aromatic hydroxyl groups is 1. The first kappa shape index (κ1) is 27.4. The van der Waals surface area contributed by atoms with Gasteiger partial charge in [0.1, 0.15) is 11.6 Å². The molecule has 212 valence electrons. The minimum atomic E-state index is -3.76. The molecule has 0 saturated carbocycles. The smallest absolute Gasteiger partial charge is 0.258 e. The van der Waals surface area contributed by atoms with Crippen LogP contribution in [0.5, 0.6) is 5.75 Å². The van der Waals surface area contributed by atoms with Crippen LogP contribution in [0.3, 0.4) is 0 Å². The van der Waals surface area contributed by atoms with Gasteiger partial charge in [0.05, 0.1) is 21.9 Å². The largest absolute Gasteiger partial charge is 0.507 e. The van der Waals surface area contributed by atoms with E-state index in [0.717, 1.165) is 16.5 Å². The molecule has 0 radical (unpaired) electrons. The third kappa shape index (κ3) is 4.87. The fourth-order valence-corrected chi connectivity index (χ4v) is 6.71. The highest BCUT2D eigenvalue weighted by molar-refractivity contribution is 7.89. The number of para-hydroxylation sites is 2. The molecule has 0 spiro atoms. The van der Waals surface area contributed by atoms with E-state index in [4.69, 9.17) is 0 Å². The summed E-state index contributed by atoms with van der Waals surface area (Å²) in [6, 6.07) is 28.7. The predicted molar refractivity (Wildman–Crippen MR) is 162 cm³/mol. The molecule has 6 rings (SSSR count). The Hall–Kier alpha value is -4.73. The van der Waals surface area contributed by atoms with E-state index in [1.54, 1.807) is 61.6 Å². The van der Waals surface area contributed by atoms with Crippen LogP contribution in [0.15, 0.2) is 113 Å². The number of nitrogens with one attached hydrogen (secondary N) is 2. The average molecular weight is 582 g/mol. The molecule has 1 unspecified atom stereocenters. The van der Waals surface area contributed by atoms with Gasteiger partial charge in [0.2, 0.25) is 10.0 Å². The first-order chi connectivity index (χ1) is 20.3. The van der Waals surface area contributed by atoms with Gasteiger partial charge in [-0.25, -0.2) is 17.5 Å². The monoisotopic (exact) mass is 581 g/mol. The molecule has 0 bridgehead atoms. The first-order valence-corrected chi connectivity index (χ1v) is 14.9. The van der Waals surface area contributed by atoms with Gasteiger partial charge in [-0.15, -0.1) is 0 Å². The number of H-pyrrole nitrogens is 1. The molecule has 0 aliphatic rings. The SMILES string of the molecule is Cn1c(=O)c(C(c2cccc(F)c2)c2[nH]c3ccccc3c2CCNS(=O)(=O)c2ccccc2)c(O)c2ccccc21. The summed E-state index contributed by atoms with van der Waals surface area (Å²) < 4.78 is 44.7. The number of hydrogen-bond acceptors (Lipinski definition) is 4. The minimum Gasteiger partial charge on any atom is -0.507 e. The van der Waals surface area contributed by atoms with E-state index in [9.17, 15) is 22.7 Å². The maximum absolute atomic E-state index is 14.7. The fraction of sp³-hybridized carbons (Fsp3) is 0.121. The van der Waals surface area contributed by atoms with E-state index in [1.807, 2.05) is 24.3 Å². The van der Waals surface area contributed by atoms with Crippen molar-refractivity contribution in [1.82, 2.24) is 14.3 Å². The van der Waals surface area contributed by atoms with Crippen molar-refractivity contribution < 1.29 is 17.9 Å². The molecule has 9 heteroatoms. The van der Waals surface area contributed by atoms with Gasteiger partial charge < -0.3 is 14.7 Å². The van der Waals surface area contributed by atoms with Gasteiger partial charge in [-0.2, -0.15) is 0 Å². The maximum Gasteiger partial charge on any atom is 0.258 e. The lowest BCUT2D eigenvalue weighted by Crippen LogP contribution is -2.27. The van der Waals surface area contributed by atoms with Crippen molar-refractivity contribution >= 4 is 31.8 Å². The van der Waals surface area contributed by atoms with Crippen molar-refractivity contribution in [2.75, 3.05) is 6.54 Å². The molecule has 0 aliphatic heterocycles. The highest BCUT2D eigenvalue weighted by atomic mass is 32.2. The Bertz CT molecular complexity index is 2100. The van der Waals surface area contributed by atoms with Crippen molar-refractivity contribution in [2.24, 2.45) is 7.05 Å². The molecule has 2 aromatic heterocycles. The van der Waals surface area contributed by atoms with E-state index in [2.05, 4.69) is 9.71 Å². The number of benzene rings is 4. The number of aromatic amines is 1. The molecular weight excluding hydrogens is 553 g/mol. The molecule has 0 saturated heterocycles. The lowest BCUT2D eigenvalue weighted by Gasteiger charge is -2.22. The second-order valence-electron chi connectivity index (χ2n) is 10.2. The fourth-order valence-electron chi connectivity index (χ4n) is 5.66. The van der Waals surface area contributed by atoms with E-state index in [0.29, 0.717) is 22.2 Å². The van der Waals surface area contributed by atoms with Gasteiger partial charge in [0, 0.05) is 35.6 Å². The minimum absolute atomic E-state index is 0.0731. The summed E-state index contributed by atoms with van der Waals surface area (Å²) >= 11 is 0. The predicted octanol–water partition coefficient (Wildman–Crippen LogP) is 5.57. The van der Waals surface area contributed by atoms with E-state index >= 15 is 0 Å². The Morgan fingerprint density at radius 1 is 0.905 bits per heavy atom. The van der Waals surface area contributed by atoms with Crippen molar-refractivity contribution in [3.05, 3.63) is 142 Å². The van der Waals surface area contributed by atoms with Gasteiger partial charge in [-0.05, 0) is 60.0 Å². The zero-order valence-corrected chi connectivity index (χ0v) is 23.5. The molecule has 42 heavy (non-hydrogen) atoms. The van der Waals surface area contributed by atoms with Crippen molar-refractivity contribution in [3.63, 3.8) is 0 Å². The summed E-state index contributed by atoms with van der Waals surface area (Å²) in [6.07, 6.45) is 0.270. The van der Waals surface area contributed by atoms with Gasteiger partial charge >= 0.3 is 0 Å². The first-order valence-electron chi connectivity index (χ1n) is 13.5. The third-order valence-electron chi connectivity index (χ3n) is 7.64. The van der Waals surface area contributed by atoms with Crippen LogP contribution in [0.2, 0.25) is 0 Å². The number of halogens is 1. The average Bonchev–Trinajstić information content (AvgIpc) is 3.36. The Balaban J connectivity index is 1.54. The standard InChI is InChI=1S/C33H28FN3O4S/c1-37-28-17-8-6-15-26(28)32(38)30(33(37)39)29(21-10-9-11-22(34)20-21)31-25(24-14-5-7-16-27(24)36-31)18-19-35-42(40,41)23-12-3-2-4-13-23/h2-17,20,29,35-36,38H,18-19H2,1H3. The van der Waals surface area contributed by atoms with E-state index in [-0.39, 0.29) is 29.2 Å². The number of fused-ring (bicyclic) bond motifs is 2. The summed E-state index contributed by atoms with van der Waals surface area (Å²) in [4.78, 5) is 17.5. The van der Waals surface area contributed by atoms with Crippen LogP contribution in [0, 0.1) is 5.82 Å². The van der Waals surface area contributed by atoms with Crippen LogP contribution in [0.4, 0.5) is 4.39 Å². The zero-order chi connectivity index (χ0) is 29.4. The summed E-state index contributed by atoms with van der Waals surface area (Å²) in [7, 11) is -2.12. The molecule has 0 fully saturated rings. The highest BCUT2D eigenvalue weighted by Gasteiger charge is 2.30. The Morgan fingerprint density at radius 3 is 2.36 bits per heavy atom. The number of aryl methyl sites for hydroxylation is 1. The molecule has 1 atom stereocenters. The maximum atomic E-state index is 14.7. The lowest BCUT2D eigenvalue weighted by molar-refractivity contribution is 0.470. The van der Waals surface area contributed by atoms with Crippen LogP contribution in [-0.4, -0.2) is 29.6 Å². The topological polar surface area (TPSA) is 104 Å². The summed E-state index contributed by atoms with van der Waals surface area (Å²) in [5, 5.41) is 12.9. The number of sulfonamides is 1. The second kappa shape index (κ2) is 10.9. The number of pyridine rings is 1. The number of rotatable bonds is 8. The summed E-state index contributed by atoms with van der Waals surface area (Å²) in [6.45, 7) is 0.0731. The molecule has 3 N–H and O–H groups in total. The number of hydrogen-bond donors (Lipinski definition) is 3. The Morgan fingerprint density at radius 2 is 1.60 bits per heavy atom. The van der Waals surface area contributed by atoms with Crippen molar-refractivity contribution in [2.45, 2.75) is 17.2 Å². The zero-order valence-electron chi connectivity index (χ0n) is 22.7. The summed E-state index contributed by atoms with van der Waals surface area (Å²) in [5.74, 6) is -1.54. The Labute approximate surface area is 241 Å². The second-order valence-corrected chi connectivity index (χ2v) is 11.9. The molecule has 0 aliphatic carbocycles. The molecule has 4 aromatic carbocycles. The van der Waals surface area contributed by atoms with Crippen LogP contribution in [0.1, 0.15) is 28.3 Å². The molecule has 2 heterocycles. The van der Waals surface area contributed by atoms with Crippen molar-refractivity contribution in [1.29, 1.82) is 0 Å². The third-order valence-corrected chi connectivity index (χ3v) is 9.11. The van der Waals surface area contributed by atoms with Crippen LogP contribution >= 0.6 is 0 Å². The molecule has 7 nitrogen and oxygen atoms in total. The van der Waals surface area contributed by atoms with Crippen LogP contribution in [-0.2, 0) is 23.5 Å². The van der Waals surface area contributed by atoms with Gasteiger partial charge in [-0.1, -0.05) is 60.7 Å².